The third-order valence-corrected chi connectivity index (χ3v) is 4.92. The molecule has 1 aliphatic heterocycles. The molecule has 2 atom stereocenters. The van der Waals surface area contributed by atoms with Gasteiger partial charge in [0, 0.05) is 17.9 Å². The van der Waals surface area contributed by atoms with Gasteiger partial charge in [0.2, 0.25) is 5.91 Å². The van der Waals surface area contributed by atoms with Crippen molar-refractivity contribution >= 4 is 35.2 Å². The maximum atomic E-state index is 12.2. The highest BCUT2D eigenvalue weighted by molar-refractivity contribution is 8.00. The molecule has 5 nitrogen and oxygen atoms in total. The van der Waals surface area contributed by atoms with Gasteiger partial charge in [0.1, 0.15) is 0 Å². The fourth-order valence-corrected chi connectivity index (χ4v) is 3.16. The summed E-state index contributed by atoms with van der Waals surface area (Å²) in [7, 11) is 0. The van der Waals surface area contributed by atoms with Crippen LogP contribution in [0.4, 0.5) is 0 Å². The lowest BCUT2D eigenvalue weighted by atomic mass is 9.99. The van der Waals surface area contributed by atoms with Crippen LogP contribution in [0.1, 0.15) is 13.3 Å². The first kappa shape index (κ1) is 16.1. The predicted molar refractivity (Wildman–Crippen MR) is 80.7 cm³/mol. The lowest BCUT2D eigenvalue weighted by Gasteiger charge is -2.25. The van der Waals surface area contributed by atoms with E-state index in [-0.39, 0.29) is 18.9 Å². The van der Waals surface area contributed by atoms with Crippen LogP contribution in [0.2, 0.25) is 5.02 Å². The number of amides is 1. The first-order chi connectivity index (χ1) is 9.94. The molecule has 1 saturated heterocycles. The van der Waals surface area contributed by atoms with E-state index in [0.29, 0.717) is 11.6 Å². The van der Waals surface area contributed by atoms with Crippen molar-refractivity contribution in [2.45, 2.75) is 29.0 Å². The molecule has 0 radical (unpaired) electrons. The van der Waals surface area contributed by atoms with Gasteiger partial charge in [0.25, 0.3) is 0 Å². The zero-order chi connectivity index (χ0) is 15.5. The molecule has 0 spiro atoms. The second-order valence-electron chi connectivity index (χ2n) is 4.87. The number of benzene rings is 1. The fraction of sp³-hybridized carbons (Fsp3) is 0.429. The van der Waals surface area contributed by atoms with Crippen LogP contribution in [0, 0.1) is 0 Å². The van der Waals surface area contributed by atoms with Gasteiger partial charge in [-0.25, -0.2) is 4.79 Å². The van der Waals surface area contributed by atoms with Gasteiger partial charge in [-0.1, -0.05) is 23.7 Å². The van der Waals surface area contributed by atoms with Gasteiger partial charge in [-0.15, -0.1) is 11.8 Å². The van der Waals surface area contributed by atoms with Crippen molar-refractivity contribution in [3.8, 4) is 0 Å². The van der Waals surface area contributed by atoms with Crippen LogP contribution in [-0.2, 0) is 14.3 Å². The molecule has 1 aromatic rings. The Morgan fingerprint density at radius 1 is 1.48 bits per heavy atom. The lowest BCUT2D eigenvalue weighted by Crippen LogP contribution is -2.56. The monoisotopic (exact) mass is 329 g/mol. The molecule has 2 N–H and O–H groups in total. The van der Waals surface area contributed by atoms with Crippen molar-refractivity contribution < 1.29 is 19.4 Å². The first-order valence-electron chi connectivity index (χ1n) is 6.49. The molecule has 1 aromatic carbocycles. The number of aliphatic carboxylic acids is 1. The van der Waals surface area contributed by atoms with Crippen molar-refractivity contribution in [2.24, 2.45) is 0 Å². The second-order valence-corrected chi connectivity index (χ2v) is 6.66. The summed E-state index contributed by atoms with van der Waals surface area (Å²) >= 11 is 7.35. The van der Waals surface area contributed by atoms with E-state index in [1.54, 1.807) is 13.0 Å². The Bertz CT molecular complexity index is 546. The molecule has 0 aliphatic carbocycles. The molecule has 1 fully saturated rings. The van der Waals surface area contributed by atoms with Crippen LogP contribution in [-0.4, -0.2) is 41.0 Å². The topological polar surface area (TPSA) is 75.6 Å². The van der Waals surface area contributed by atoms with E-state index in [1.165, 1.54) is 11.8 Å². The van der Waals surface area contributed by atoms with Gasteiger partial charge < -0.3 is 15.2 Å². The van der Waals surface area contributed by atoms with Crippen molar-refractivity contribution in [1.29, 1.82) is 0 Å². The summed E-state index contributed by atoms with van der Waals surface area (Å²) in [6.07, 6.45) is 0.275. The van der Waals surface area contributed by atoms with Gasteiger partial charge in [-0.3, -0.25) is 4.79 Å². The fourth-order valence-electron chi connectivity index (χ4n) is 2.01. The Labute approximate surface area is 132 Å². The number of ether oxygens (including phenoxy) is 1. The lowest BCUT2D eigenvalue weighted by molar-refractivity contribution is -0.147. The molecule has 114 valence electrons. The number of nitrogens with one attached hydrogen (secondary N) is 1. The van der Waals surface area contributed by atoms with E-state index in [2.05, 4.69) is 5.32 Å². The van der Waals surface area contributed by atoms with Crippen molar-refractivity contribution in [1.82, 2.24) is 5.32 Å². The van der Waals surface area contributed by atoms with Crippen molar-refractivity contribution in [2.75, 3.05) is 13.2 Å². The average Bonchev–Trinajstić information content (AvgIpc) is 2.91. The Morgan fingerprint density at radius 3 is 2.76 bits per heavy atom. The number of hydrogen-bond acceptors (Lipinski definition) is 4. The minimum atomic E-state index is -1.31. The summed E-state index contributed by atoms with van der Waals surface area (Å²) in [5.41, 5.74) is -1.31. The predicted octanol–water partition coefficient (Wildman–Crippen LogP) is 2.18. The minimum Gasteiger partial charge on any atom is -0.479 e. The zero-order valence-corrected chi connectivity index (χ0v) is 13.0. The summed E-state index contributed by atoms with van der Waals surface area (Å²) in [5.74, 6) is -1.41. The number of carbonyl (C=O) groups excluding carboxylic acids is 1. The third kappa shape index (κ3) is 3.70. The number of halogens is 1. The number of carbonyl (C=O) groups is 2. The van der Waals surface area contributed by atoms with E-state index < -0.39 is 16.8 Å². The molecule has 0 bridgehead atoms. The molecule has 1 amide bonds. The Hall–Kier alpha value is -1.24. The Kier molecular flexibility index (Phi) is 5.13. The minimum absolute atomic E-state index is 0.00243. The molecule has 7 heteroatoms. The van der Waals surface area contributed by atoms with E-state index in [9.17, 15) is 14.7 Å². The molecule has 1 heterocycles. The molecule has 2 rings (SSSR count). The van der Waals surface area contributed by atoms with E-state index in [0.717, 1.165) is 4.90 Å². The molecular formula is C14H16ClNO4S. The van der Waals surface area contributed by atoms with E-state index in [4.69, 9.17) is 16.3 Å². The molecule has 0 saturated carbocycles. The van der Waals surface area contributed by atoms with Gasteiger partial charge in [0.05, 0.1) is 16.9 Å². The first-order valence-corrected chi connectivity index (χ1v) is 7.75. The van der Waals surface area contributed by atoms with Crippen LogP contribution in [0.25, 0.3) is 0 Å². The maximum absolute atomic E-state index is 12.2. The molecule has 21 heavy (non-hydrogen) atoms. The summed E-state index contributed by atoms with van der Waals surface area (Å²) in [4.78, 5) is 24.4. The Balaban J connectivity index is 2.03. The van der Waals surface area contributed by atoms with Gasteiger partial charge >= 0.3 is 5.97 Å². The SMILES string of the molecule is CC(Sc1ccccc1Cl)C(=O)NC1(C(=O)O)CCOC1. The van der Waals surface area contributed by atoms with E-state index in [1.807, 2.05) is 18.2 Å². The quantitative estimate of drug-likeness (QED) is 0.810. The van der Waals surface area contributed by atoms with Gasteiger partial charge in [-0.05, 0) is 19.1 Å². The third-order valence-electron chi connectivity index (χ3n) is 3.30. The normalized spacial score (nSPS) is 22.8. The van der Waals surface area contributed by atoms with Crippen molar-refractivity contribution in [3.05, 3.63) is 29.3 Å². The largest absolute Gasteiger partial charge is 0.479 e. The number of hydrogen-bond donors (Lipinski definition) is 2. The van der Waals surface area contributed by atoms with Crippen LogP contribution in [0.15, 0.2) is 29.2 Å². The van der Waals surface area contributed by atoms with Gasteiger partial charge in [0.15, 0.2) is 5.54 Å². The summed E-state index contributed by atoms with van der Waals surface area (Å²) < 4.78 is 5.12. The second kappa shape index (κ2) is 6.68. The maximum Gasteiger partial charge on any atom is 0.331 e. The summed E-state index contributed by atoms with van der Waals surface area (Å²) in [6, 6.07) is 7.22. The van der Waals surface area contributed by atoms with E-state index >= 15 is 0 Å². The summed E-state index contributed by atoms with van der Waals surface area (Å²) in [6.45, 7) is 2.05. The highest BCUT2D eigenvalue weighted by Gasteiger charge is 2.44. The molecular weight excluding hydrogens is 314 g/mol. The van der Waals surface area contributed by atoms with Crippen LogP contribution in [0.3, 0.4) is 0 Å². The summed E-state index contributed by atoms with van der Waals surface area (Å²) in [5, 5.41) is 12.0. The number of carboxylic acids is 1. The molecule has 1 aliphatic rings. The Morgan fingerprint density at radius 2 is 2.19 bits per heavy atom. The van der Waals surface area contributed by atoms with Crippen LogP contribution in [0.5, 0.6) is 0 Å². The number of rotatable bonds is 5. The highest BCUT2D eigenvalue weighted by Crippen LogP contribution is 2.30. The smallest absolute Gasteiger partial charge is 0.331 e. The zero-order valence-electron chi connectivity index (χ0n) is 11.5. The molecule has 2 unspecified atom stereocenters. The average molecular weight is 330 g/mol. The number of carboxylic acid groups (broad SMARTS) is 1. The number of thioether (sulfide) groups is 1. The standard InChI is InChI=1S/C14H16ClNO4S/c1-9(21-11-5-3-2-4-10(11)15)12(17)16-14(13(18)19)6-7-20-8-14/h2-5,9H,6-8H2,1H3,(H,16,17)(H,18,19). The van der Waals surface area contributed by atoms with Crippen molar-refractivity contribution in [3.63, 3.8) is 0 Å². The van der Waals surface area contributed by atoms with Crippen LogP contribution < -0.4 is 5.32 Å². The van der Waals surface area contributed by atoms with Crippen LogP contribution >= 0.6 is 23.4 Å². The highest BCUT2D eigenvalue weighted by atomic mass is 35.5. The molecule has 0 aromatic heterocycles. The van der Waals surface area contributed by atoms with Gasteiger partial charge in [-0.2, -0.15) is 0 Å².